The van der Waals surface area contributed by atoms with Crippen LogP contribution < -0.4 is 5.32 Å². The molecular formula is C21H27NO. The molecule has 2 aromatic rings. The van der Waals surface area contributed by atoms with Crippen LogP contribution in [-0.2, 0) is 11.2 Å². The fourth-order valence-electron chi connectivity index (χ4n) is 3.04. The molecule has 2 nitrogen and oxygen atoms in total. The van der Waals surface area contributed by atoms with Crippen molar-refractivity contribution in [3.05, 3.63) is 65.2 Å². The number of anilines is 1. The van der Waals surface area contributed by atoms with Gasteiger partial charge in [0.2, 0.25) is 5.91 Å². The molecule has 0 aliphatic rings. The van der Waals surface area contributed by atoms with Crippen LogP contribution in [0.4, 0.5) is 5.69 Å². The van der Waals surface area contributed by atoms with Gasteiger partial charge in [0, 0.05) is 5.69 Å². The van der Waals surface area contributed by atoms with Gasteiger partial charge in [0.1, 0.15) is 0 Å². The minimum Gasteiger partial charge on any atom is -0.325 e. The summed E-state index contributed by atoms with van der Waals surface area (Å²) in [6, 6.07) is 16.3. The predicted molar refractivity (Wildman–Crippen MR) is 97.8 cm³/mol. The molecule has 0 unspecified atom stereocenters. The highest BCUT2D eigenvalue weighted by Gasteiger charge is 2.26. The van der Waals surface area contributed by atoms with E-state index in [4.69, 9.17) is 0 Å². The highest BCUT2D eigenvalue weighted by molar-refractivity contribution is 5.97. The van der Waals surface area contributed by atoms with Crippen molar-refractivity contribution in [2.75, 3.05) is 5.32 Å². The fraction of sp³-hybridized carbons (Fsp3) is 0.381. The quantitative estimate of drug-likeness (QED) is 0.768. The number of para-hydroxylation sites is 1. The maximum absolute atomic E-state index is 13.0. The molecule has 0 heterocycles. The maximum Gasteiger partial charge on any atom is 0.232 e. The lowest BCUT2D eigenvalue weighted by Crippen LogP contribution is -2.27. The van der Waals surface area contributed by atoms with Gasteiger partial charge < -0.3 is 5.32 Å². The Balaban J connectivity index is 2.33. The van der Waals surface area contributed by atoms with Gasteiger partial charge in [-0.05, 0) is 36.0 Å². The molecule has 0 aliphatic heterocycles. The Morgan fingerprint density at radius 2 is 1.74 bits per heavy atom. The van der Waals surface area contributed by atoms with E-state index >= 15 is 0 Å². The summed E-state index contributed by atoms with van der Waals surface area (Å²) in [5.41, 5.74) is 4.37. The van der Waals surface area contributed by atoms with E-state index in [2.05, 4.69) is 57.3 Å². The number of carbonyl (C=O) groups is 1. The number of benzene rings is 2. The molecule has 122 valence electrons. The number of hydrogen-bond donors (Lipinski definition) is 1. The number of nitrogens with one attached hydrogen (secondary N) is 1. The molecule has 1 N–H and O–H groups in total. The molecular weight excluding hydrogens is 282 g/mol. The van der Waals surface area contributed by atoms with Gasteiger partial charge >= 0.3 is 0 Å². The molecule has 2 atom stereocenters. The SMILES string of the molecule is CCc1cccc(C)c1NC(=O)[C@@H](c1ccccc1)[C@H](C)CC. The van der Waals surface area contributed by atoms with Crippen LogP contribution in [0.5, 0.6) is 0 Å². The lowest BCUT2D eigenvalue weighted by atomic mass is 9.84. The maximum atomic E-state index is 13.0. The Morgan fingerprint density at radius 1 is 1.04 bits per heavy atom. The molecule has 0 aromatic heterocycles. The molecule has 0 radical (unpaired) electrons. The topological polar surface area (TPSA) is 29.1 Å². The molecule has 23 heavy (non-hydrogen) atoms. The molecule has 0 fully saturated rings. The van der Waals surface area contributed by atoms with Crippen LogP contribution in [0.1, 0.15) is 49.8 Å². The standard InChI is InChI=1S/C21H27NO/c1-5-15(3)19(18-12-8-7-9-13-18)21(23)22-20-16(4)11-10-14-17(20)6-2/h7-15,19H,5-6H2,1-4H3,(H,22,23)/t15-,19-/m1/s1. The average molecular weight is 309 g/mol. The van der Waals surface area contributed by atoms with Crippen LogP contribution in [0.15, 0.2) is 48.5 Å². The number of carbonyl (C=O) groups excluding carboxylic acids is 1. The van der Waals surface area contributed by atoms with Crippen molar-refractivity contribution in [2.24, 2.45) is 5.92 Å². The van der Waals surface area contributed by atoms with Gasteiger partial charge in [0.15, 0.2) is 0 Å². The smallest absolute Gasteiger partial charge is 0.232 e. The molecule has 2 rings (SSSR count). The van der Waals surface area contributed by atoms with Crippen molar-refractivity contribution in [1.82, 2.24) is 0 Å². The first-order valence-electron chi connectivity index (χ1n) is 8.52. The first-order valence-corrected chi connectivity index (χ1v) is 8.52. The minimum atomic E-state index is -0.120. The van der Waals surface area contributed by atoms with Gasteiger partial charge in [-0.1, -0.05) is 75.7 Å². The Hall–Kier alpha value is -2.09. The zero-order valence-corrected chi connectivity index (χ0v) is 14.6. The molecule has 0 aliphatic carbocycles. The summed E-state index contributed by atoms with van der Waals surface area (Å²) in [6.45, 7) is 8.46. The number of rotatable bonds is 6. The zero-order chi connectivity index (χ0) is 16.8. The van der Waals surface area contributed by atoms with E-state index in [-0.39, 0.29) is 11.8 Å². The first-order chi connectivity index (χ1) is 11.1. The van der Waals surface area contributed by atoms with Crippen molar-refractivity contribution >= 4 is 11.6 Å². The molecule has 1 amide bonds. The van der Waals surface area contributed by atoms with Crippen LogP contribution in [0.2, 0.25) is 0 Å². The van der Waals surface area contributed by atoms with Crippen LogP contribution >= 0.6 is 0 Å². The molecule has 2 heteroatoms. The highest BCUT2D eigenvalue weighted by atomic mass is 16.1. The number of amides is 1. The summed E-state index contributed by atoms with van der Waals surface area (Å²) < 4.78 is 0. The highest BCUT2D eigenvalue weighted by Crippen LogP contribution is 2.30. The second-order valence-electron chi connectivity index (χ2n) is 6.23. The van der Waals surface area contributed by atoms with Crippen molar-refractivity contribution in [3.8, 4) is 0 Å². The summed E-state index contributed by atoms with van der Waals surface area (Å²) in [5, 5.41) is 3.20. The largest absolute Gasteiger partial charge is 0.325 e. The second-order valence-corrected chi connectivity index (χ2v) is 6.23. The number of hydrogen-bond acceptors (Lipinski definition) is 1. The minimum absolute atomic E-state index is 0.0922. The summed E-state index contributed by atoms with van der Waals surface area (Å²) in [5.74, 6) is 0.270. The van der Waals surface area contributed by atoms with E-state index in [1.807, 2.05) is 24.3 Å². The lowest BCUT2D eigenvalue weighted by Gasteiger charge is -2.24. The third-order valence-electron chi connectivity index (χ3n) is 4.64. The third-order valence-corrected chi connectivity index (χ3v) is 4.64. The van der Waals surface area contributed by atoms with Crippen LogP contribution in [-0.4, -0.2) is 5.91 Å². The van der Waals surface area contributed by atoms with Gasteiger partial charge in [0.05, 0.1) is 5.92 Å². The third kappa shape index (κ3) is 4.01. The van der Waals surface area contributed by atoms with Gasteiger partial charge in [-0.3, -0.25) is 4.79 Å². The Labute approximate surface area is 139 Å². The van der Waals surface area contributed by atoms with Crippen LogP contribution in [0.25, 0.3) is 0 Å². The van der Waals surface area contributed by atoms with Crippen LogP contribution in [0, 0.1) is 12.8 Å². The Morgan fingerprint density at radius 3 is 2.35 bits per heavy atom. The molecule has 0 bridgehead atoms. The molecule has 0 saturated carbocycles. The van der Waals surface area contributed by atoms with Gasteiger partial charge in [0.25, 0.3) is 0 Å². The van der Waals surface area contributed by atoms with E-state index in [0.717, 1.165) is 29.7 Å². The van der Waals surface area contributed by atoms with E-state index < -0.39 is 0 Å². The Kier molecular flexibility index (Phi) is 5.97. The second kappa shape index (κ2) is 7.96. The van der Waals surface area contributed by atoms with Gasteiger partial charge in [-0.2, -0.15) is 0 Å². The first kappa shape index (κ1) is 17.3. The zero-order valence-electron chi connectivity index (χ0n) is 14.6. The monoisotopic (exact) mass is 309 g/mol. The molecule has 0 spiro atoms. The summed E-state index contributed by atoms with van der Waals surface area (Å²) in [6.07, 6.45) is 1.89. The van der Waals surface area contributed by atoms with Crippen LogP contribution in [0.3, 0.4) is 0 Å². The van der Waals surface area contributed by atoms with Gasteiger partial charge in [-0.25, -0.2) is 0 Å². The van der Waals surface area contributed by atoms with Crippen molar-refractivity contribution in [1.29, 1.82) is 0 Å². The summed E-state index contributed by atoms with van der Waals surface area (Å²) >= 11 is 0. The van der Waals surface area contributed by atoms with E-state index in [1.165, 1.54) is 5.56 Å². The Bertz CT molecular complexity index is 648. The predicted octanol–water partition coefficient (Wildman–Crippen LogP) is 5.33. The number of aryl methyl sites for hydroxylation is 2. The average Bonchev–Trinajstić information content (AvgIpc) is 2.57. The van der Waals surface area contributed by atoms with E-state index in [1.54, 1.807) is 0 Å². The lowest BCUT2D eigenvalue weighted by molar-refractivity contribution is -0.118. The summed E-state index contributed by atoms with van der Waals surface area (Å²) in [4.78, 5) is 13.0. The van der Waals surface area contributed by atoms with E-state index in [9.17, 15) is 4.79 Å². The molecule has 2 aromatic carbocycles. The normalized spacial score (nSPS) is 13.4. The summed E-state index contributed by atoms with van der Waals surface area (Å²) in [7, 11) is 0. The van der Waals surface area contributed by atoms with Gasteiger partial charge in [-0.15, -0.1) is 0 Å². The molecule has 0 saturated heterocycles. The van der Waals surface area contributed by atoms with Crippen molar-refractivity contribution in [3.63, 3.8) is 0 Å². The van der Waals surface area contributed by atoms with E-state index in [0.29, 0.717) is 5.92 Å². The van der Waals surface area contributed by atoms with Crippen molar-refractivity contribution < 1.29 is 4.79 Å². The van der Waals surface area contributed by atoms with Crippen molar-refractivity contribution in [2.45, 2.75) is 46.5 Å². The fourth-order valence-corrected chi connectivity index (χ4v) is 3.04.